The van der Waals surface area contributed by atoms with Gasteiger partial charge in [0.15, 0.2) is 5.16 Å². The van der Waals surface area contributed by atoms with Crippen molar-refractivity contribution >= 4 is 30.1 Å². The van der Waals surface area contributed by atoms with Crippen LogP contribution in [0.5, 0.6) is 0 Å². The Balaban J connectivity index is 0.00000225. The van der Waals surface area contributed by atoms with Crippen molar-refractivity contribution in [2.24, 2.45) is 7.05 Å². The SMILES string of the molecule is CN(C(=O)CSc1nnc(C2CCCNC2)n1C)C1CCCCC1.Cl. The molecule has 1 aromatic heterocycles. The zero-order valence-corrected chi connectivity index (χ0v) is 16.9. The molecule has 1 unspecified atom stereocenters. The van der Waals surface area contributed by atoms with Crippen LogP contribution in [0.1, 0.15) is 56.7 Å². The molecule has 0 bridgehead atoms. The maximum Gasteiger partial charge on any atom is 0.233 e. The minimum absolute atomic E-state index is 0. The molecule has 1 saturated heterocycles. The second kappa shape index (κ2) is 9.78. The lowest BCUT2D eigenvalue weighted by Crippen LogP contribution is -2.39. The minimum Gasteiger partial charge on any atom is -0.342 e. The van der Waals surface area contributed by atoms with Crippen LogP contribution in [0.2, 0.25) is 0 Å². The highest BCUT2D eigenvalue weighted by Gasteiger charge is 2.24. The predicted molar refractivity (Wildman–Crippen MR) is 103 cm³/mol. The molecule has 25 heavy (non-hydrogen) atoms. The Hall–Kier alpha value is -0.790. The maximum absolute atomic E-state index is 12.5. The standard InChI is InChI=1S/C17H29N5OS.ClH/c1-21(14-8-4-3-5-9-14)15(23)12-24-17-20-19-16(22(17)2)13-7-6-10-18-11-13;/h13-14,18H,3-12H2,1-2H3;1H. The fourth-order valence-corrected chi connectivity index (χ4v) is 4.62. The quantitative estimate of drug-likeness (QED) is 0.787. The number of carbonyl (C=O) groups is 1. The number of carbonyl (C=O) groups excluding carboxylic acids is 1. The average Bonchev–Trinajstić information content (AvgIpc) is 3.01. The molecule has 2 fully saturated rings. The Labute approximate surface area is 160 Å². The van der Waals surface area contributed by atoms with Crippen molar-refractivity contribution in [1.82, 2.24) is 25.0 Å². The summed E-state index contributed by atoms with van der Waals surface area (Å²) in [5.41, 5.74) is 0. The molecular weight excluding hydrogens is 358 g/mol. The fraction of sp³-hybridized carbons (Fsp3) is 0.824. The molecule has 2 heterocycles. The molecule has 0 spiro atoms. The zero-order valence-electron chi connectivity index (χ0n) is 15.2. The number of halogens is 1. The van der Waals surface area contributed by atoms with E-state index >= 15 is 0 Å². The highest BCUT2D eigenvalue weighted by atomic mass is 35.5. The number of nitrogens with zero attached hydrogens (tertiary/aromatic N) is 4. The Bertz CT molecular complexity index is 555. The normalized spacial score (nSPS) is 21.6. The first kappa shape index (κ1) is 20.5. The Morgan fingerprint density at radius 1 is 1.24 bits per heavy atom. The van der Waals surface area contributed by atoms with E-state index in [1.807, 2.05) is 19.0 Å². The molecule has 142 valence electrons. The van der Waals surface area contributed by atoms with Crippen molar-refractivity contribution in [3.63, 3.8) is 0 Å². The monoisotopic (exact) mass is 387 g/mol. The van der Waals surface area contributed by atoms with Gasteiger partial charge in [0.2, 0.25) is 5.91 Å². The summed E-state index contributed by atoms with van der Waals surface area (Å²) >= 11 is 1.51. The Morgan fingerprint density at radius 2 is 2.00 bits per heavy atom. The van der Waals surface area contributed by atoms with Gasteiger partial charge in [0, 0.05) is 32.6 Å². The number of hydrogen-bond donors (Lipinski definition) is 1. The molecule has 3 rings (SSSR count). The van der Waals surface area contributed by atoms with Crippen molar-refractivity contribution in [3.8, 4) is 0 Å². The van der Waals surface area contributed by atoms with Gasteiger partial charge in [-0.15, -0.1) is 22.6 Å². The second-order valence-electron chi connectivity index (χ2n) is 7.03. The van der Waals surface area contributed by atoms with Gasteiger partial charge in [0.25, 0.3) is 0 Å². The smallest absolute Gasteiger partial charge is 0.233 e. The molecule has 1 amide bonds. The van der Waals surface area contributed by atoms with Crippen LogP contribution in [-0.2, 0) is 11.8 Å². The molecule has 1 atom stereocenters. The minimum atomic E-state index is 0. The van der Waals surface area contributed by atoms with Gasteiger partial charge in [-0.2, -0.15) is 0 Å². The van der Waals surface area contributed by atoms with E-state index in [-0.39, 0.29) is 18.3 Å². The van der Waals surface area contributed by atoms with Gasteiger partial charge in [-0.3, -0.25) is 4.79 Å². The first-order chi connectivity index (χ1) is 11.7. The average molecular weight is 388 g/mol. The molecule has 2 aliphatic rings. The molecule has 0 radical (unpaired) electrons. The van der Waals surface area contributed by atoms with E-state index < -0.39 is 0 Å². The van der Waals surface area contributed by atoms with E-state index in [2.05, 4.69) is 20.1 Å². The van der Waals surface area contributed by atoms with Crippen molar-refractivity contribution in [2.45, 2.75) is 62.1 Å². The lowest BCUT2D eigenvalue weighted by atomic mass is 9.94. The first-order valence-corrected chi connectivity index (χ1v) is 10.1. The molecule has 1 aromatic rings. The number of nitrogens with one attached hydrogen (secondary N) is 1. The van der Waals surface area contributed by atoms with Crippen LogP contribution in [0.4, 0.5) is 0 Å². The molecule has 0 aromatic carbocycles. The number of hydrogen-bond acceptors (Lipinski definition) is 5. The summed E-state index contributed by atoms with van der Waals surface area (Å²) in [6.45, 7) is 2.07. The van der Waals surface area contributed by atoms with E-state index in [4.69, 9.17) is 0 Å². The lowest BCUT2D eigenvalue weighted by molar-refractivity contribution is -0.129. The molecular formula is C17H30ClN5OS. The largest absolute Gasteiger partial charge is 0.342 e. The van der Waals surface area contributed by atoms with Gasteiger partial charge in [-0.25, -0.2) is 0 Å². The number of piperidine rings is 1. The van der Waals surface area contributed by atoms with Gasteiger partial charge in [0.1, 0.15) is 5.82 Å². The van der Waals surface area contributed by atoms with Crippen molar-refractivity contribution in [3.05, 3.63) is 5.82 Å². The summed E-state index contributed by atoms with van der Waals surface area (Å²) in [6, 6.07) is 0.426. The van der Waals surface area contributed by atoms with E-state index in [0.29, 0.717) is 17.7 Å². The topological polar surface area (TPSA) is 63.1 Å². The van der Waals surface area contributed by atoms with Crippen LogP contribution >= 0.6 is 24.2 Å². The van der Waals surface area contributed by atoms with Crippen LogP contribution in [0.3, 0.4) is 0 Å². The van der Waals surface area contributed by atoms with E-state index in [9.17, 15) is 4.79 Å². The molecule has 1 aliphatic carbocycles. The van der Waals surface area contributed by atoms with Crippen LogP contribution in [0.15, 0.2) is 5.16 Å². The second-order valence-corrected chi connectivity index (χ2v) is 7.97. The molecule has 6 nitrogen and oxygen atoms in total. The molecule has 1 saturated carbocycles. The number of thioether (sulfide) groups is 1. The molecule has 1 aliphatic heterocycles. The van der Waals surface area contributed by atoms with E-state index in [1.165, 1.54) is 37.4 Å². The van der Waals surface area contributed by atoms with Crippen LogP contribution in [0, 0.1) is 0 Å². The van der Waals surface area contributed by atoms with Gasteiger partial charge in [0.05, 0.1) is 5.75 Å². The summed E-state index contributed by atoms with van der Waals surface area (Å²) in [4.78, 5) is 14.4. The van der Waals surface area contributed by atoms with Gasteiger partial charge in [-0.05, 0) is 32.2 Å². The highest BCUT2D eigenvalue weighted by molar-refractivity contribution is 7.99. The Morgan fingerprint density at radius 3 is 2.68 bits per heavy atom. The molecule has 1 N–H and O–H groups in total. The maximum atomic E-state index is 12.5. The van der Waals surface area contributed by atoms with Crippen LogP contribution in [0.25, 0.3) is 0 Å². The third-order valence-corrected chi connectivity index (χ3v) is 6.38. The number of aromatic nitrogens is 3. The Kier molecular flexibility index (Phi) is 8.03. The predicted octanol–water partition coefficient (Wildman–Crippen LogP) is 2.59. The fourth-order valence-electron chi connectivity index (χ4n) is 3.78. The summed E-state index contributed by atoms with van der Waals surface area (Å²) in [6.07, 6.45) is 8.45. The van der Waals surface area contributed by atoms with E-state index in [0.717, 1.165) is 43.3 Å². The summed E-state index contributed by atoms with van der Waals surface area (Å²) < 4.78 is 2.07. The summed E-state index contributed by atoms with van der Waals surface area (Å²) in [7, 11) is 3.97. The number of amides is 1. The first-order valence-electron chi connectivity index (χ1n) is 9.15. The third kappa shape index (κ3) is 5.11. The molecule has 8 heteroatoms. The van der Waals surface area contributed by atoms with Crippen molar-refractivity contribution in [1.29, 1.82) is 0 Å². The number of rotatable bonds is 5. The summed E-state index contributed by atoms with van der Waals surface area (Å²) in [5, 5.41) is 13.0. The summed E-state index contributed by atoms with van der Waals surface area (Å²) in [5.74, 6) is 2.13. The third-order valence-electron chi connectivity index (χ3n) is 5.37. The zero-order chi connectivity index (χ0) is 16.9. The van der Waals surface area contributed by atoms with Crippen LogP contribution in [-0.4, -0.2) is 57.5 Å². The lowest BCUT2D eigenvalue weighted by Gasteiger charge is -2.31. The van der Waals surface area contributed by atoms with E-state index in [1.54, 1.807) is 0 Å². The van der Waals surface area contributed by atoms with Gasteiger partial charge in [-0.1, -0.05) is 31.0 Å². The van der Waals surface area contributed by atoms with Crippen molar-refractivity contribution in [2.75, 3.05) is 25.9 Å². The van der Waals surface area contributed by atoms with Gasteiger partial charge >= 0.3 is 0 Å². The van der Waals surface area contributed by atoms with Crippen LogP contribution < -0.4 is 5.32 Å². The van der Waals surface area contributed by atoms with Crippen molar-refractivity contribution < 1.29 is 4.79 Å². The van der Waals surface area contributed by atoms with Gasteiger partial charge < -0.3 is 14.8 Å². The highest BCUT2D eigenvalue weighted by Crippen LogP contribution is 2.26.